The standard InChI is InChI=1S/C15H16O3S/c1-3-5-10-8-11(13-6-4-7-19-13)14(12(16)9-10)15(17)18-2/h4,6-9,16H,3,5H2,1-2H3. The zero-order valence-corrected chi connectivity index (χ0v) is 11.8. The van der Waals surface area contributed by atoms with E-state index >= 15 is 0 Å². The summed E-state index contributed by atoms with van der Waals surface area (Å²) in [4.78, 5) is 12.8. The van der Waals surface area contributed by atoms with Crippen molar-refractivity contribution in [3.8, 4) is 16.2 Å². The van der Waals surface area contributed by atoms with Gasteiger partial charge in [-0.25, -0.2) is 4.79 Å². The summed E-state index contributed by atoms with van der Waals surface area (Å²) in [7, 11) is 1.32. The van der Waals surface area contributed by atoms with Crippen molar-refractivity contribution in [1.82, 2.24) is 0 Å². The van der Waals surface area contributed by atoms with Crippen molar-refractivity contribution in [1.29, 1.82) is 0 Å². The van der Waals surface area contributed by atoms with Crippen molar-refractivity contribution in [3.05, 3.63) is 40.8 Å². The summed E-state index contributed by atoms with van der Waals surface area (Å²) in [5.74, 6) is -0.523. The smallest absolute Gasteiger partial charge is 0.342 e. The molecule has 0 saturated carbocycles. The second-order valence-corrected chi connectivity index (χ2v) is 5.20. The minimum Gasteiger partial charge on any atom is -0.507 e. The number of thiophene rings is 1. The molecule has 100 valence electrons. The predicted molar refractivity (Wildman–Crippen MR) is 76.8 cm³/mol. The van der Waals surface area contributed by atoms with Gasteiger partial charge >= 0.3 is 5.97 Å². The average Bonchev–Trinajstić information content (AvgIpc) is 2.91. The number of hydrogen-bond acceptors (Lipinski definition) is 4. The lowest BCUT2D eigenvalue weighted by Crippen LogP contribution is -2.04. The lowest BCUT2D eigenvalue weighted by molar-refractivity contribution is 0.0598. The molecule has 0 atom stereocenters. The van der Waals surface area contributed by atoms with Crippen molar-refractivity contribution in [3.63, 3.8) is 0 Å². The number of carbonyl (C=O) groups excluding carboxylic acids is 1. The first kappa shape index (κ1) is 13.6. The fourth-order valence-corrected chi connectivity index (χ4v) is 2.81. The lowest BCUT2D eigenvalue weighted by atomic mass is 9.99. The van der Waals surface area contributed by atoms with Crippen LogP contribution in [0, 0.1) is 0 Å². The van der Waals surface area contributed by atoms with Crippen molar-refractivity contribution in [2.24, 2.45) is 0 Å². The number of hydrogen-bond donors (Lipinski definition) is 1. The van der Waals surface area contributed by atoms with Crippen molar-refractivity contribution in [2.45, 2.75) is 19.8 Å². The van der Waals surface area contributed by atoms with E-state index in [9.17, 15) is 9.90 Å². The third-order valence-electron chi connectivity index (χ3n) is 2.89. The molecule has 19 heavy (non-hydrogen) atoms. The predicted octanol–water partition coefficient (Wildman–Crippen LogP) is 3.86. The molecular weight excluding hydrogens is 260 g/mol. The number of carbonyl (C=O) groups is 1. The fraction of sp³-hybridized carbons (Fsp3) is 0.267. The Morgan fingerprint density at radius 1 is 1.42 bits per heavy atom. The number of rotatable bonds is 4. The number of methoxy groups -OCH3 is 1. The van der Waals surface area contributed by atoms with Gasteiger partial charge in [0.25, 0.3) is 0 Å². The molecule has 0 radical (unpaired) electrons. The molecule has 0 fully saturated rings. The number of benzene rings is 1. The van der Waals surface area contributed by atoms with E-state index < -0.39 is 5.97 Å². The van der Waals surface area contributed by atoms with Crippen LogP contribution in [0.2, 0.25) is 0 Å². The Balaban J connectivity index is 2.61. The molecule has 0 unspecified atom stereocenters. The van der Waals surface area contributed by atoms with Crippen LogP contribution in [0.25, 0.3) is 10.4 Å². The molecule has 1 aromatic carbocycles. The van der Waals surface area contributed by atoms with Crippen LogP contribution in [0.15, 0.2) is 29.6 Å². The minimum absolute atomic E-state index is 0.0128. The summed E-state index contributed by atoms with van der Waals surface area (Å²) in [6, 6.07) is 7.46. The Kier molecular flexibility index (Phi) is 4.22. The average molecular weight is 276 g/mol. The zero-order valence-electron chi connectivity index (χ0n) is 11.0. The highest BCUT2D eigenvalue weighted by Crippen LogP contribution is 2.35. The van der Waals surface area contributed by atoms with E-state index in [1.54, 1.807) is 6.07 Å². The molecule has 4 heteroatoms. The third kappa shape index (κ3) is 2.79. The minimum atomic E-state index is -0.510. The van der Waals surface area contributed by atoms with Crippen LogP contribution < -0.4 is 0 Å². The van der Waals surface area contributed by atoms with Gasteiger partial charge in [-0.2, -0.15) is 0 Å². The largest absolute Gasteiger partial charge is 0.507 e. The number of ether oxygens (including phenoxy) is 1. The Hall–Kier alpha value is -1.81. The Morgan fingerprint density at radius 3 is 2.79 bits per heavy atom. The van der Waals surface area contributed by atoms with Crippen LogP contribution in [-0.4, -0.2) is 18.2 Å². The summed E-state index contributed by atoms with van der Waals surface area (Å²) in [5.41, 5.74) is 2.01. The molecule has 2 rings (SSSR count). The summed E-state index contributed by atoms with van der Waals surface area (Å²) in [6.07, 6.45) is 1.86. The second-order valence-electron chi connectivity index (χ2n) is 4.26. The SMILES string of the molecule is CCCc1cc(O)c(C(=O)OC)c(-c2cccs2)c1. The van der Waals surface area contributed by atoms with Crippen molar-refractivity contribution < 1.29 is 14.6 Å². The lowest BCUT2D eigenvalue weighted by Gasteiger charge is -2.11. The number of aryl methyl sites for hydroxylation is 1. The second kappa shape index (κ2) is 5.89. The Labute approximate surface area is 116 Å². The summed E-state index contributed by atoms with van der Waals surface area (Å²) >= 11 is 1.53. The number of phenolic OH excluding ortho intramolecular Hbond substituents is 1. The maximum Gasteiger partial charge on any atom is 0.342 e. The molecule has 1 heterocycles. The first-order chi connectivity index (χ1) is 9.17. The van der Waals surface area contributed by atoms with Crippen LogP contribution in [0.5, 0.6) is 5.75 Å². The van der Waals surface area contributed by atoms with E-state index in [0.29, 0.717) is 0 Å². The van der Waals surface area contributed by atoms with E-state index in [1.807, 2.05) is 23.6 Å². The van der Waals surface area contributed by atoms with E-state index in [2.05, 4.69) is 6.92 Å². The van der Waals surface area contributed by atoms with Crippen LogP contribution in [0.4, 0.5) is 0 Å². The first-order valence-electron chi connectivity index (χ1n) is 6.15. The molecule has 0 aliphatic heterocycles. The quantitative estimate of drug-likeness (QED) is 0.862. The van der Waals surface area contributed by atoms with Gasteiger partial charge < -0.3 is 9.84 Å². The van der Waals surface area contributed by atoms with Gasteiger partial charge in [0.15, 0.2) is 0 Å². The van der Waals surface area contributed by atoms with Gasteiger partial charge in [0.05, 0.1) is 7.11 Å². The van der Waals surface area contributed by atoms with E-state index in [-0.39, 0.29) is 11.3 Å². The molecule has 0 aliphatic carbocycles. The molecule has 1 N–H and O–H groups in total. The molecule has 0 spiro atoms. The highest BCUT2D eigenvalue weighted by molar-refractivity contribution is 7.13. The molecule has 2 aromatic rings. The fourth-order valence-electron chi connectivity index (χ4n) is 2.06. The maximum atomic E-state index is 11.8. The molecular formula is C15H16O3S. The topological polar surface area (TPSA) is 46.5 Å². The molecule has 0 aliphatic rings. The third-order valence-corrected chi connectivity index (χ3v) is 3.80. The molecule has 0 saturated heterocycles. The summed E-state index contributed by atoms with van der Waals surface area (Å²) in [5, 5.41) is 12.0. The van der Waals surface area contributed by atoms with Crippen LogP contribution in [0.1, 0.15) is 29.3 Å². The highest BCUT2D eigenvalue weighted by atomic mass is 32.1. The zero-order chi connectivity index (χ0) is 13.8. The number of esters is 1. The van der Waals surface area contributed by atoms with Crippen LogP contribution in [-0.2, 0) is 11.2 Å². The van der Waals surface area contributed by atoms with E-state index in [0.717, 1.165) is 28.8 Å². The van der Waals surface area contributed by atoms with E-state index in [4.69, 9.17) is 4.74 Å². The number of aromatic hydroxyl groups is 1. The molecule has 0 amide bonds. The normalized spacial score (nSPS) is 10.4. The highest BCUT2D eigenvalue weighted by Gasteiger charge is 2.19. The van der Waals surface area contributed by atoms with Gasteiger partial charge in [-0.05, 0) is 35.6 Å². The number of phenols is 1. The van der Waals surface area contributed by atoms with Crippen LogP contribution >= 0.6 is 11.3 Å². The molecule has 1 aromatic heterocycles. The molecule has 0 bridgehead atoms. The van der Waals surface area contributed by atoms with Gasteiger partial charge in [0, 0.05) is 10.4 Å². The summed E-state index contributed by atoms with van der Waals surface area (Å²) in [6.45, 7) is 2.08. The van der Waals surface area contributed by atoms with Gasteiger partial charge in [0.1, 0.15) is 11.3 Å². The summed E-state index contributed by atoms with van der Waals surface area (Å²) < 4.78 is 4.76. The van der Waals surface area contributed by atoms with Crippen molar-refractivity contribution >= 4 is 17.3 Å². The molecule has 3 nitrogen and oxygen atoms in total. The van der Waals surface area contributed by atoms with Gasteiger partial charge in [-0.1, -0.05) is 19.4 Å². The van der Waals surface area contributed by atoms with Gasteiger partial charge in [0.2, 0.25) is 0 Å². The Bertz CT molecular complexity index is 573. The first-order valence-corrected chi connectivity index (χ1v) is 7.03. The Morgan fingerprint density at radius 2 is 2.21 bits per heavy atom. The van der Waals surface area contributed by atoms with Gasteiger partial charge in [-0.3, -0.25) is 0 Å². The monoisotopic (exact) mass is 276 g/mol. The van der Waals surface area contributed by atoms with Gasteiger partial charge in [-0.15, -0.1) is 11.3 Å². The van der Waals surface area contributed by atoms with Crippen LogP contribution in [0.3, 0.4) is 0 Å². The van der Waals surface area contributed by atoms with Crippen molar-refractivity contribution in [2.75, 3.05) is 7.11 Å². The van der Waals surface area contributed by atoms with E-state index in [1.165, 1.54) is 18.4 Å². The maximum absolute atomic E-state index is 11.8.